The molecule has 3 N–H and O–H groups in total. The van der Waals surface area contributed by atoms with Crippen molar-refractivity contribution in [2.75, 3.05) is 31.5 Å². The Labute approximate surface area is 287 Å². The number of carbonyl (C=O) groups is 4. The van der Waals surface area contributed by atoms with E-state index in [9.17, 15) is 23.6 Å². The zero-order chi connectivity index (χ0) is 35.2. The Bertz CT molecular complexity index is 1620. The van der Waals surface area contributed by atoms with E-state index in [1.165, 1.54) is 18.6 Å². The average molecular weight is 670 g/mol. The largest absolute Gasteiger partial charge is 0.457 e. The molecule has 2 aromatic rings. The van der Waals surface area contributed by atoms with Crippen LogP contribution in [0.5, 0.6) is 0 Å². The molecule has 49 heavy (non-hydrogen) atoms. The monoisotopic (exact) mass is 669 g/mol. The number of terminal acetylenes is 1. The molecule has 2 aromatic carbocycles. The molecule has 0 saturated carbocycles. The fraction of sp³-hybridized carbons (Fsp3) is 0.368. The van der Waals surface area contributed by atoms with E-state index in [2.05, 4.69) is 32.8 Å². The summed E-state index contributed by atoms with van der Waals surface area (Å²) in [5.41, 5.74) is 3.26. The second-order valence-corrected chi connectivity index (χ2v) is 12.0. The number of benzene rings is 2. The van der Waals surface area contributed by atoms with E-state index in [0.29, 0.717) is 31.0 Å². The lowest BCUT2D eigenvalue weighted by Crippen LogP contribution is -2.58. The third-order valence-corrected chi connectivity index (χ3v) is 8.50. The molecule has 4 rings (SSSR count). The van der Waals surface area contributed by atoms with Gasteiger partial charge in [-0.3, -0.25) is 4.79 Å². The topological polar surface area (TPSA) is 120 Å². The fourth-order valence-corrected chi connectivity index (χ4v) is 6.11. The van der Waals surface area contributed by atoms with Crippen LogP contribution in [0.1, 0.15) is 63.0 Å². The lowest BCUT2D eigenvalue weighted by Gasteiger charge is -2.36. The Morgan fingerprint density at radius 2 is 1.88 bits per heavy atom. The van der Waals surface area contributed by atoms with E-state index < -0.39 is 29.9 Å². The molecular formula is C38H44FN5O5. The summed E-state index contributed by atoms with van der Waals surface area (Å²) in [5.74, 6) is 1.06. The van der Waals surface area contributed by atoms with Gasteiger partial charge in [-0.05, 0) is 87.0 Å². The van der Waals surface area contributed by atoms with Gasteiger partial charge in [-0.2, -0.15) is 0 Å². The third-order valence-electron chi connectivity index (χ3n) is 8.50. The van der Waals surface area contributed by atoms with E-state index in [1.54, 1.807) is 6.92 Å². The standard InChI is InChI=1S/C38H44FN5O5/c1-4-12-31(39)16-10-18-34-35(36(46)49-26-28-13-7-6-8-14-28)33(5-2)42-38(48)44(34)37(47)40-21-11-22-43-23-19-29(20-24-43)30-15-9-17-32(25-30)41-27(3)45/h1,6-10,12-17,25,29,34H,5,11,18-24,26H2,2-3H3,(H,40,47)(H,41,45)(H,42,48)/b16-10-,31-12+. The van der Waals surface area contributed by atoms with E-state index >= 15 is 0 Å². The maximum atomic E-state index is 14.1. The van der Waals surface area contributed by atoms with Crippen LogP contribution in [0.15, 0.2) is 89.9 Å². The average Bonchev–Trinajstić information content (AvgIpc) is 3.09. The molecule has 0 spiro atoms. The Morgan fingerprint density at radius 1 is 1.12 bits per heavy atom. The second-order valence-electron chi connectivity index (χ2n) is 12.0. The number of hydrogen-bond acceptors (Lipinski definition) is 6. The normalized spacial score (nSPS) is 17.4. The first-order valence-electron chi connectivity index (χ1n) is 16.6. The van der Waals surface area contributed by atoms with Gasteiger partial charge in [-0.15, -0.1) is 6.42 Å². The van der Waals surface area contributed by atoms with Gasteiger partial charge in [0.25, 0.3) is 0 Å². The Hall–Kier alpha value is -5.21. The predicted octanol–water partition coefficient (Wildman–Crippen LogP) is 6.16. The summed E-state index contributed by atoms with van der Waals surface area (Å²) in [7, 11) is 0. The Kier molecular flexibility index (Phi) is 13.7. The fourth-order valence-electron chi connectivity index (χ4n) is 6.11. The number of urea groups is 2. The van der Waals surface area contributed by atoms with Gasteiger partial charge in [0.05, 0.1) is 11.6 Å². The number of esters is 1. The van der Waals surface area contributed by atoms with Crippen LogP contribution < -0.4 is 16.0 Å². The van der Waals surface area contributed by atoms with Crippen LogP contribution in [-0.4, -0.2) is 66.0 Å². The maximum absolute atomic E-state index is 14.1. The number of allylic oxidation sites excluding steroid dienone is 4. The van der Waals surface area contributed by atoms with Crippen LogP contribution >= 0.6 is 0 Å². The minimum atomic E-state index is -1.04. The molecule has 2 aliphatic heterocycles. The van der Waals surface area contributed by atoms with E-state index in [1.807, 2.05) is 48.5 Å². The third kappa shape index (κ3) is 10.6. The molecule has 2 aliphatic rings. The number of ether oxygens (including phenoxy) is 1. The molecule has 1 atom stereocenters. The van der Waals surface area contributed by atoms with Crippen molar-refractivity contribution in [1.82, 2.24) is 20.4 Å². The summed E-state index contributed by atoms with van der Waals surface area (Å²) in [6.07, 6.45) is 11.6. The van der Waals surface area contributed by atoms with E-state index in [0.717, 1.165) is 60.8 Å². The maximum Gasteiger partial charge on any atom is 0.338 e. The van der Waals surface area contributed by atoms with Crippen LogP contribution in [0.4, 0.5) is 19.7 Å². The molecule has 1 saturated heterocycles. The van der Waals surface area contributed by atoms with Gasteiger partial charge in [0.1, 0.15) is 12.4 Å². The minimum absolute atomic E-state index is 0.00309. The van der Waals surface area contributed by atoms with Crippen molar-refractivity contribution in [3.63, 3.8) is 0 Å². The molecular weight excluding hydrogens is 625 g/mol. The zero-order valence-corrected chi connectivity index (χ0v) is 28.0. The van der Waals surface area contributed by atoms with Crippen molar-refractivity contribution in [3.8, 4) is 12.3 Å². The van der Waals surface area contributed by atoms with Crippen molar-refractivity contribution < 1.29 is 28.3 Å². The van der Waals surface area contributed by atoms with Crippen LogP contribution in [0.2, 0.25) is 0 Å². The second kappa shape index (κ2) is 18.4. The highest BCUT2D eigenvalue weighted by Gasteiger charge is 2.41. The summed E-state index contributed by atoms with van der Waals surface area (Å²) in [5, 5.41) is 8.37. The predicted molar refractivity (Wildman–Crippen MR) is 187 cm³/mol. The van der Waals surface area contributed by atoms with Gasteiger partial charge >= 0.3 is 18.0 Å². The van der Waals surface area contributed by atoms with Gasteiger partial charge < -0.3 is 25.6 Å². The first-order valence-corrected chi connectivity index (χ1v) is 16.6. The molecule has 258 valence electrons. The van der Waals surface area contributed by atoms with Crippen molar-refractivity contribution in [1.29, 1.82) is 0 Å². The van der Waals surface area contributed by atoms with Gasteiger partial charge in [0, 0.05) is 30.9 Å². The number of halogens is 1. The quantitative estimate of drug-likeness (QED) is 0.102. The van der Waals surface area contributed by atoms with Crippen LogP contribution in [0.3, 0.4) is 0 Å². The van der Waals surface area contributed by atoms with Crippen LogP contribution in [0.25, 0.3) is 0 Å². The molecule has 0 aliphatic carbocycles. The number of carbonyl (C=O) groups excluding carboxylic acids is 4. The highest BCUT2D eigenvalue weighted by atomic mass is 19.1. The van der Waals surface area contributed by atoms with E-state index in [4.69, 9.17) is 11.2 Å². The highest BCUT2D eigenvalue weighted by molar-refractivity contribution is 6.01. The molecule has 0 bridgehead atoms. The molecule has 2 heterocycles. The number of piperidine rings is 1. The van der Waals surface area contributed by atoms with E-state index in [-0.39, 0.29) is 24.5 Å². The van der Waals surface area contributed by atoms with Crippen molar-refractivity contribution in [2.45, 2.75) is 64.5 Å². The van der Waals surface area contributed by atoms with Crippen LogP contribution in [0, 0.1) is 12.3 Å². The summed E-state index contributed by atoms with van der Waals surface area (Å²) in [4.78, 5) is 55.0. The summed E-state index contributed by atoms with van der Waals surface area (Å²) >= 11 is 0. The van der Waals surface area contributed by atoms with Crippen LogP contribution in [-0.2, 0) is 20.9 Å². The molecule has 10 nitrogen and oxygen atoms in total. The number of amides is 5. The number of rotatable bonds is 13. The highest BCUT2D eigenvalue weighted by Crippen LogP contribution is 2.30. The molecule has 1 fully saturated rings. The minimum Gasteiger partial charge on any atom is -0.457 e. The Morgan fingerprint density at radius 3 is 2.57 bits per heavy atom. The number of imide groups is 1. The number of likely N-dealkylation sites (tertiary alicyclic amines) is 1. The summed E-state index contributed by atoms with van der Waals surface area (Å²) < 4.78 is 19.7. The smallest absolute Gasteiger partial charge is 0.338 e. The molecule has 0 aromatic heterocycles. The summed E-state index contributed by atoms with van der Waals surface area (Å²) in [6, 6.07) is 14.7. The van der Waals surface area contributed by atoms with Gasteiger partial charge in [-0.25, -0.2) is 23.7 Å². The number of nitrogens with zero attached hydrogens (tertiary/aromatic N) is 2. The number of nitrogens with one attached hydrogen (secondary N) is 3. The lowest BCUT2D eigenvalue weighted by molar-refractivity contribution is -0.141. The zero-order valence-electron chi connectivity index (χ0n) is 28.0. The molecule has 0 radical (unpaired) electrons. The number of hydrogen-bond donors (Lipinski definition) is 3. The summed E-state index contributed by atoms with van der Waals surface area (Å²) in [6.45, 7) is 6.14. The first kappa shape index (κ1) is 36.6. The van der Waals surface area contributed by atoms with Gasteiger partial charge in [-0.1, -0.05) is 61.4 Å². The number of anilines is 1. The molecule has 1 unspecified atom stereocenters. The molecule has 11 heteroatoms. The first-order chi connectivity index (χ1) is 23.7. The lowest BCUT2D eigenvalue weighted by atomic mass is 9.89. The van der Waals surface area contributed by atoms with Crippen molar-refractivity contribution in [2.24, 2.45) is 0 Å². The van der Waals surface area contributed by atoms with Gasteiger partial charge in [0.2, 0.25) is 5.91 Å². The molecule has 5 amide bonds. The SMILES string of the molecule is C#C/C=C(F)\C=C/CC1C(C(=O)OCc2ccccc2)=C(CC)NC(=O)N1C(=O)NCCCN1CCC(c2cccc(NC(C)=O)c2)CC1. The Balaban J connectivity index is 1.37. The van der Waals surface area contributed by atoms with Gasteiger partial charge in [0.15, 0.2) is 0 Å². The van der Waals surface area contributed by atoms with Crippen molar-refractivity contribution in [3.05, 3.63) is 101 Å². The van der Waals surface area contributed by atoms with Crippen molar-refractivity contribution >= 4 is 29.6 Å².